The number of allylic oxidation sites excluding steroid dienone is 1. The van der Waals surface area contributed by atoms with Crippen molar-refractivity contribution in [2.75, 3.05) is 13.2 Å². The van der Waals surface area contributed by atoms with Gasteiger partial charge >= 0.3 is 108 Å². The zero-order chi connectivity index (χ0) is 12.7. The Balaban J connectivity index is 2.73. The van der Waals surface area contributed by atoms with E-state index >= 15 is 0 Å². The van der Waals surface area contributed by atoms with Gasteiger partial charge in [0.2, 0.25) is 0 Å². The minimum absolute atomic E-state index is 0.281. The van der Waals surface area contributed by atoms with Gasteiger partial charge in [-0.1, -0.05) is 0 Å². The molecule has 0 N–H and O–H groups in total. The van der Waals surface area contributed by atoms with E-state index in [0.717, 1.165) is 12.8 Å². The molecule has 1 saturated heterocycles. The molecule has 1 aliphatic rings. The molecule has 0 aromatic rings. The van der Waals surface area contributed by atoms with Gasteiger partial charge in [-0.05, 0) is 0 Å². The van der Waals surface area contributed by atoms with E-state index in [1.807, 2.05) is 0 Å². The number of carbonyl (C=O) groups excluding carboxylic acids is 2. The third-order valence-corrected chi connectivity index (χ3v) is 4.81. The Morgan fingerprint density at radius 3 is 2.29 bits per heavy atom. The first-order chi connectivity index (χ1) is 8.19. The molecule has 0 radical (unpaired) electrons. The molecule has 0 unspecified atom stereocenters. The Morgan fingerprint density at radius 1 is 1.29 bits per heavy atom. The number of rotatable bonds is 5. The van der Waals surface area contributed by atoms with Crippen LogP contribution < -0.4 is 0 Å². The van der Waals surface area contributed by atoms with Gasteiger partial charge in [0.15, 0.2) is 0 Å². The van der Waals surface area contributed by atoms with Crippen LogP contribution in [-0.4, -0.2) is 40.1 Å². The average Bonchev–Trinajstić information content (AvgIpc) is 2.79. The van der Waals surface area contributed by atoms with Crippen LogP contribution in [0.15, 0.2) is 10.5 Å². The predicted octanol–water partition coefficient (Wildman–Crippen LogP) is 1.53. The summed E-state index contributed by atoms with van der Waals surface area (Å²) in [6.45, 7) is 4.02. The van der Waals surface area contributed by atoms with Crippen molar-refractivity contribution in [1.82, 2.24) is 0 Å². The van der Waals surface area contributed by atoms with Crippen LogP contribution in [0.1, 0.15) is 26.7 Å². The summed E-state index contributed by atoms with van der Waals surface area (Å²) in [5.41, 5.74) is 0. The fourth-order valence-corrected chi connectivity index (χ4v) is 3.78. The molecule has 1 rings (SSSR count). The summed E-state index contributed by atoms with van der Waals surface area (Å²) in [5.74, 6) is -1.87. The molecule has 4 nitrogen and oxygen atoms in total. The van der Waals surface area contributed by atoms with Crippen LogP contribution >= 0.6 is 0 Å². The molecule has 0 bridgehead atoms. The Labute approximate surface area is 108 Å². The molecular weight excluding hydrogens is 287 g/mol. The van der Waals surface area contributed by atoms with E-state index in [1.54, 1.807) is 19.9 Å². The second-order valence-corrected chi connectivity index (χ2v) is 6.13. The average molecular weight is 305 g/mol. The molecule has 5 heteroatoms. The van der Waals surface area contributed by atoms with E-state index < -0.39 is 17.9 Å². The quantitative estimate of drug-likeness (QED) is 0.439. The first kappa shape index (κ1) is 14.3. The van der Waals surface area contributed by atoms with E-state index in [9.17, 15) is 9.59 Å². The van der Waals surface area contributed by atoms with E-state index in [4.69, 9.17) is 9.47 Å². The van der Waals surface area contributed by atoms with Crippen molar-refractivity contribution < 1.29 is 19.1 Å². The summed E-state index contributed by atoms with van der Waals surface area (Å²) in [4.78, 5) is 23.4. The molecule has 17 heavy (non-hydrogen) atoms. The van der Waals surface area contributed by atoms with Crippen LogP contribution in [0.2, 0.25) is 5.32 Å². The zero-order valence-electron chi connectivity index (χ0n) is 10.2. The third-order valence-electron chi connectivity index (χ3n) is 2.29. The predicted molar refractivity (Wildman–Crippen MR) is 64.6 cm³/mol. The van der Waals surface area contributed by atoms with Gasteiger partial charge in [0.05, 0.1) is 0 Å². The van der Waals surface area contributed by atoms with E-state index in [-0.39, 0.29) is 13.2 Å². The molecule has 0 spiro atoms. The molecule has 0 aromatic carbocycles. The molecule has 0 saturated carbocycles. The van der Waals surface area contributed by atoms with Crippen LogP contribution in [0, 0.1) is 5.92 Å². The molecular formula is C12H18O4Se. The summed E-state index contributed by atoms with van der Waals surface area (Å²) in [6.07, 6.45) is 3.91. The number of esters is 2. The molecule has 0 atom stereocenters. The van der Waals surface area contributed by atoms with E-state index in [2.05, 4.69) is 0 Å². The van der Waals surface area contributed by atoms with Crippen molar-refractivity contribution in [3.8, 4) is 0 Å². The summed E-state index contributed by atoms with van der Waals surface area (Å²) in [6, 6.07) is 0. The van der Waals surface area contributed by atoms with Crippen molar-refractivity contribution in [3.05, 3.63) is 10.5 Å². The van der Waals surface area contributed by atoms with Gasteiger partial charge in [-0.2, -0.15) is 0 Å². The third kappa shape index (κ3) is 4.52. The molecule has 96 valence electrons. The molecule has 0 aromatic heterocycles. The van der Waals surface area contributed by atoms with Gasteiger partial charge in [-0.3, -0.25) is 0 Å². The Bertz CT molecular complexity index is 286. The van der Waals surface area contributed by atoms with Crippen LogP contribution in [-0.2, 0) is 19.1 Å². The topological polar surface area (TPSA) is 52.6 Å². The zero-order valence-corrected chi connectivity index (χ0v) is 11.9. The maximum atomic E-state index is 11.7. The van der Waals surface area contributed by atoms with Crippen molar-refractivity contribution >= 4 is 26.9 Å². The van der Waals surface area contributed by atoms with Gasteiger partial charge in [-0.15, -0.1) is 0 Å². The Kier molecular flexibility index (Phi) is 6.30. The molecule has 0 amide bonds. The number of hydrogen-bond donors (Lipinski definition) is 0. The van der Waals surface area contributed by atoms with Crippen LogP contribution in [0.4, 0.5) is 0 Å². The Morgan fingerprint density at radius 2 is 1.88 bits per heavy atom. The molecule has 1 heterocycles. The summed E-state index contributed by atoms with van der Waals surface area (Å²) in [5, 5.41) is 1.19. The molecule has 0 aliphatic carbocycles. The maximum absolute atomic E-state index is 11.7. The number of carbonyl (C=O) groups is 2. The molecule has 1 aliphatic heterocycles. The standard InChI is InChI=1S/C12H18O4Se/c1-3-15-11(13)10(12(14)16-4-2)8-9-6-5-7-17-9/h8,10H,3-7H2,1-2H3/b9-8-. The SMILES string of the molecule is CCOC(=O)C(/C=C1/CCC[Se]1)C(=O)OCC. The number of hydrogen-bond acceptors (Lipinski definition) is 4. The summed E-state index contributed by atoms with van der Waals surface area (Å²) in [7, 11) is 0. The van der Waals surface area contributed by atoms with E-state index in [1.165, 1.54) is 9.79 Å². The van der Waals surface area contributed by atoms with Crippen molar-refractivity contribution in [1.29, 1.82) is 0 Å². The van der Waals surface area contributed by atoms with Gasteiger partial charge in [0, 0.05) is 0 Å². The minimum atomic E-state index is -0.870. The fraction of sp³-hybridized carbons (Fsp3) is 0.667. The van der Waals surface area contributed by atoms with Crippen molar-refractivity contribution in [2.45, 2.75) is 32.0 Å². The van der Waals surface area contributed by atoms with Gasteiger partial charge < -0.3 is 0 Å². The van der Waals surface area contributed by atoms with Crippen molar-refractivity contribution in [2.24, 2.45) is 5.92 Å². The summed E-state index contributed by atoms with van der Waals surface area (Å²) < 4.78 is 11.0. The van der Waals surface area contributed by atoms with Gasteiger partial charge in [-0.25, -0.2) is 0 Å². The first-order valence-electron chi connectivity index (χ1n) is 5.85. The van der Waals surface area contributed by atoms with Crippen LogP contribution in [0.25, 0.3) is 0 Å². The number of ether oxygens (including phenoxy) is 2. The monoisotopic (exact) mass is 306 g/mol. The first-order valence-corrected chi connectivity index (χ1v) is 7.92. The van der Waals surface area contributed by atoms with E-state index in [0.29, 0.717) is 15.0 Å². The van der Waals surface area contributed by atoms with Crippen molar-refractivity contribution in [3.63, 3.8) is 0 Å². The second-order valence-electron chi connectivity index (χ2n) is 3.57. The summed E-state index contributed by atoms with van der Waals surface area (Å²) >= 11 is 0.428. The second kappa shape index (κ2) is 7.51. The molecule has 1 fully saturated rings. The normalized spacial score (nSPS) is 17.5. The van der Waals surface area contributed by atoms with Gasteiger partial charge in [0.25, 0.3) is 0 Å². The van der Waals surface area contributed by atoms with Crippen LogP contribution in [0.3, 0.4) is 0 Å². The van der Waals surface area contributed by atoms with Gasteiger partial charge in [0.1, 0.15) is 0 Å². The fourth-order valence-electron chi connectivity index (χ4n) is 1.54. The van der Waals surface area contributed by atoms with Crippen LogP contribution in [0.5, 0.6) is 0 Å². The Hall–Kier alpha value is -0.801.